The van der Waals surface area contributed by atoms with Gasteiger partial charge in [-0.25, -0.2) is 0 Å². The minimum absolute atomic E-state index is 0.164. The molecule has 1 aliphatic carbocycles. The highest BCUT2D eigenvalue weighted by Gasteiger charge is 2.21. The highest BCUT2D eigenvalue weighted by Crippen LogP contribution is 2.23. The van der Waals surface area contributed by atoms with Gasteiger partial charge in [0.05, 0.1) is 6.10 Å². The lowest BCUT2D eigenvalue weighted by atomic mass is 9.90. The Balaban J connectivity index is 2.18. The maximum Gasteiger partial charge on any atom is 0.159 e. The minimum Gasteiger partial charge on any atom is -0.393 e. The van der Waals surface area contributed by atoms with E-state index in [9.17, 15) is 9.90 Å². The van der Waals surface area contributed by atoms with E-state index in [0.29, 0.717) is 19.3 Å². The number of carbonyl (C=O) groups excluding carboxylic acids is 1. The molecular formula is C15H19NO2. The number of Topliss-reactive ketones (excluding diaryl/α,β-unsaturated/α-hetero) is 1. The Bertz CT molecular complexity index is 460. The topological polar surface area (TPSA) is 40.5 Å². The van der Waals surface area contributed by atoms with E-state index in [2.05, 4.69) is 0 Å². The van der Waals surface area contributed by atoms with Crippen LogP contribution in [0.4, 0.5) is 5.69 Å². The molecule has 1 aromatic carbocycles. The van der Waals surface area contributed by atoms with E-state index < -0.39 is 0 Å². The lowest BCUT2D eigenvalue weighted by molar-refractivity contribution is -0.117. The first-order valence-corrected chi connectivity index (χ1v) is 6.25. The highest BCUT2D eigenvalue weighted by atomic mass is 16.3. The number of benzene rings is 1. The first-order chi connectivity index (χ1) is 8.56. The van der Waals surface area contributed by atoms with Crippen molar-refractivity contribution in [3.05, 3.63) is 35.4 Å². The molecule has 18 heavy (non-hydrogen) atoms. The molecule has 1 aliphatic rings. The average Bonchev–Trinajstić information content (AvgIpc) is 2.34. The van der Waals surface area contributed by atoms with Crippen molar-refractivity contribution >= 4 is 17.5 Å². The molecule has 1 saturated carbocycles. The van der Waals surface area contributed by atoms with Gasteiger partial charge in [0.2, 0.25) is 0 Å². The van der Waals surface area contributed by atoms with E-state index in [4.69, 9.17) is 0 Å². The maximum atomic E-state index is 11.7. The van der Waals surface area contributed by atoms with Crippen LogP contribution in [0.5, 0.6) is 0 Å². The monoisotopic (exact) mass is 245 g/mol. The molecule has 1 fully saturated rings. The summed E-state index contributed by atoms with van der Waals surface area (Å²) in [5.74, 6) is 0.164. The molecular weight excluding hydrogens is 226 g/mol. The van der Waals surface area contributed by atoms with E-state index >= 15 is 0 Å². The molecule has 2 rings (SSSR count). The molecule has 0 amide bonds. The van der Waals surface area contributed by atoms with Gasteiger partial charge in [-0.3, -0.25) is 4.79 Å². The van der Waals surface area contributed by atoms with E-state index in [1.54, 1.807) is 0 Å². The summed E-state index contributed by atoms with van der Waals surface area (Å²) in [6.45, 7) is 0. The number of rotatable bonds is 2. The van der Waals surface area contributed by atoms with Crippen LogP contribution in [0.25, 0.3) is 6.08 Å². The van der Waals surface area contributed by atoms with Gasteiger partial charge < -0.3 is 10.0 Å². The number of hydrogen-bond donors (Lipinski definition) is 1. The van der Waals surface area contributed by atoms with Gasteiger partial charge >= 0.3 is 0 Å². The van der Waals surface area contributed by atoms with Gasteiger partial charge in [0, 0.05) is 32.6 Å². The van der Waals surface area contributed by atoms with Crippen molar-refractivity contribution in [2.75, 3.05) is 19.0 Å². The Morgan fingerprint density at radius 2 is 1.94 bits per heavy atom. The summed E-state index contributed by atoms with van der Waals surface area (Å²) < 4.78 is 0. The summed E-state index contributed by atoms with van der Waals surface area (Å²) in [5.41, 5.74) is 2.89. The molecule has 0 aliphatic heterocycles. The largest absolute Gasteiger partial charge is 0.393 e. The number of hydrogen-bond acceptors (Lipinski definition) is 3. The predicted molar refractivity (Wildman–Crippen MR) is 73.6 cm³/mol. The Morgan fingerprint density at radius 3 is 2.56 bits per heavy atom. The smallest absolute Gasteiger partial charge is 0.159 e. The number of aliphatic hydroxyl groups excluding tert-OH is 1. The van der Waals surface area contributed by atoms with Crippen LogP contribution in [0.3, 0.4) is 0 Å². The standard InChI is InChI=1S/C15H19NO2/c1-16(2)13-5-3-11(4-6-13)9-12-10-14(17)7-8-15(12)18/h3-6,9,14,17H,7-8,10H2,1-2H3/b12-9-. The molecule has 0 heterocycles. The normalized spacial score (nSPS) is 22.3. The summed E-state index contributed by atoms with van der Waals surface area (Å²) in [7, 11) is 3.99. The summed E-state index contributed by atoms with van der Waals surface area (Å²) >= 11 is 0. The van der Waals surface area contributed by atoms with Crippen LogP contribution in [0.15, 0.2) is 29.8 Å². The Kier molecular flexibility index (Phi) is 3.82. The van der Waals surface area contributed by atoms with Crippen molar-refractivity contribution in [2.45, 2.75) is 25.4 Å². The van der Waals surface area contributed by atoms with Gasteiger partial charge in [0.15, 0.2) is 5.78 Å². The van der Waals surface area contributed by atoms with Gasteiger partial charge in [-0.2, -0.15) is 0 Å². The van der Waals surface area contributed by atoms with Crippen LogP contribution in [-0.4, -0.2) is 31.1 Å². The molecule has 0 bridgehead atoms. The predicted octanol–water partition coefficient (Wildman–Crippen LogP) is 2.25. The number of ketones is 1. The Morgan fingerprint density at radius 1 is 1.28 bits per heavy atom. The van der Waals surface area contributed by atoms with Gasteiger partial charge in [-0.15, -0.1) is 0 Å². The van der Waals surface area contributed by atoms with Gasteiger partial charge in [-0.05, 0) is 35.8 Å². The summed E-state index contributed by atoms with van der Waals surface area (Å²) in [6.07, 6.45) is 3.06. The fourth-order valence-corrected chi connectivity index (χ4v) is 2.14. The van der Waals surface area contributed by atoms with Crippen LogP contribution in [-0.2, 0) is 4.79 Å². The van der Waals surface area contributed by atoms with Crippen LogP contribution >= 0.6 is 0 Å². The third-order valence-corrected chi connectivity index (χ3v) is 3.27. The second kappa shape index (κ2) is 5.36. The molecule has 3 nitrogen and oxygen atoms in total. The van der Waals surface area contributed by atoms with Crippen molar-refractivity contribution in [1.29, 1.82) is 0 Å². The van der Waals surface area contributed by atoms with Crippen LogP contribution < -0.4 is 4.90 Å². The maximum absolute atomic E-state index is 11.7. The van der Waals surface area contributed by atoms with Crippen LogP contribution in [0, 0.1) is 0 Å². The molecule has 0 spiro atoms. The van der Waals surface area contributed by atoms with Gasteiger partial charge in [0.1, 0.15) is 0 Å². The molecule has 0 aromatic heterocycles. The fraction of sp³-hybridized carbons (Fsp3) is 0.400. The Hall–Kier alpha value is -1.61. The zero-order valence-electron chi connectivity index (χ0n) is 10.9. The zero-order chi connectivity index (χ0) is 13.1. The zero-order valence-corrected chi connectivity index (χ0v) is 10.9. The summed E-state index contributed by atoms with van der Waals surface area (Å²) in [4.78, 5) is 13.8. The van der Waals surface area contributed by atoms with E-state index in [1.165, 1.54) is 0 Å². The first-order valence-electron chi connectivity index (χ1n) is 6.25. The SMILES string of the molecule is CN(C)c1ccc(/C=C2/CC(O)CCC2=O)cc1. The van der Waals surface area contributed by atoms with Gasteiger partial charge in [-0.1, -0.05) is 12.1 Å². The quantitative estimate of drug-likeness (QED) is 0.812. The lowest BCUT2D eigenvalue weighted by Gasteiger charge is -2.18. The van der Waals surface area contributed by atoms with Crippen molar-refractivity contribution in [2.24, 2.45) is 0 Å². The van der Waals surface area contributed by atoms with Crippen molar-refractivity contribution < 1.29 is 9.90 Å². The molecule has 1 unspecified atom stereocenters. The van der Waals surface area contributed by atoms with Crippen molar-refractivity contribution in [3.63, 3.8) is 0 Å². The van der Waals surface area contributed by atoms with Gasteiger partial charge in [0.25, 0.3) is 0 Å². The molecule has 1 N–H and O–H groups in total. The number of aliphatic hydroxyl groups is 1. The second-order valence-corrected chi connectivity index (χ2v) is 4.98. The second-order valence-electron chi connectivity index (χ2n) is 4.98. The third kappa shape index (κ3) is 2.99. The van der Waals surface area contributed by atoms with Crippen molar-refractivity contribution in [1.82, 2.24) is 0 Å². The average molecular weight is 245 g/mol. The highest BCUT2D eigenvalue weighted by molar-refractivity contribution is 6.00. The molecule has 1 aromatic rings. The van der Waals surface area contributed by atoms with Crippen LogP contribution in [0.1, 0.15) is 24.8 Å². The molecule has 1 atom stereocenters. The number of anilines is 1. The van der Waals surface area contributed by atoms with E-state index in [-0.39, 0.29) is 11.9 Å². The Labute approximate surface area is 108 Å². The van der Waals surface area contributed by atoms with Crippen molar-refractivity contribution in [3.8, 4) is 0 Å². The number of carbonyl (C=O) groups is 1. The summed E-state index contributed by atoms with van der Waals surface area (Å²) in [6, 6.07) is 8.04. The molecule has 0 radical (unpaired) electrons. The lowest BCUT2D eigenvalue weighted by Crippen LogP contribution is -2.20. The third-order valence-electron chi connectivity index (χ3n) is 3.27. The molecule has 96 valence electrons. The van der Waals surface area contributed by atoms with Crippen LogP contribution in [0.2, 0.25) is 0 Å². The van der Waals surface area contributed by atoms with E-state index in [0.717, 1.165) is 16.8 Å². The first kappa shape index (κ1) is 12.8. The number of nitrogens with zero attached hydrogens (tertiary/aromatic N) is 1. The summed E-state index contributed by atoms with van der Waals surface area (Å²) in [5, 5.41) is 9.59. The molecule has 3 heteroatoms. The van der Waals surface area contributed by atoms with E-state index in [1.807, 2.05) is 49.3 Å². The molecule has 0 saturated heterocycles. The fourth-order valence-electron chi connectivity index (χ4n) is 2.14. The minimum atomic E-state index is -0.366.